The largest absolute Gasteiger partial charge is 0.489 e. The van der Waals surface area contributed by atoms with Crippen LogP contribution >= 0.6 is 28.1 Å². The van der Waals surface area contributed by atoms with Gasteiger partial charge in [-0.2, -0.15) is 0 Å². The van der Waals surface area contributed by atoms with Crippen molar-refractivity contribution in [1.29, 1.82) is 0 Å². The number of hydrogen-bond donors (Lipinski definition) is 2. The minimum atomic E-state index is -0.306. The predicted octanol–water partition coefficient (Wildman–Crippen LogP) is 4.55. The fourth-order valence-corrected chi connectivity index (χ4v) is 2.65. The average Bonchev–Trinajstić information content (AvgIpc) is 2.69. The number of pyridine rings is 1. The summed E-state index contributed by atoms with van der Waals surface area (Å²) in [6, 6.07) is 20.4. The first kappa shape index (κ1) is 19.0. The molecule has 0 fully saturated rings. The van der Waals surface area contributed by atoms with E-state index in [1.807, 2.05) is 36.4 Å². The summed E-state index contributed by atoms with van der Waals surface area (Å²) >= 11 is 8.46. The molecule has 3 aromatic rings. The number of halogens is 1. The van der Waals surface area contributed by atoms with Gasteiger partial charge in [-0.25, -0.2) is 4.98 Å². The topological polar surface area (TPSA) is 63.2 Å². The highest BCUT2D eigenvalue weighted by atomic mass is 79.9. The normalized spacial score (nSPS) is 10.1. The average molecular weight is 442 g/mol. The smallest absolute Gasteiger partial charge is 0.257 e. The van der Waals surface area contributed by atoms with Gasteiger partial charge in [-0.3, -0.25) is 10.1 Å². The molecule has 0 aliphatic carbocycles. The van der Waals surface area contributed by atoms with Crippen LogP contribution in [0.5, 0.6) is 5.75 Å². The maximum Gasteiger partial charge on any atom is 0.257 e. The third-order valence-corrected chi connectivity index (χ3v) is 4.23. The second-order valence-corrected chi connectivity index (χ2v) is 6.89. The molecule has 2 aromatic carbocycles. The Morgan fingerprint density at radius 1 is 1.04 bits per heavy atom. The van der Waals surface area contributed by atoms with E-state index in [2.05, 4.69) is 31.5 Å². The van der Waals surface area contributed by atoms with E-state index in [1.54, 1.807) is 36.5 Å². The van der Waals surface area contributed by atoms with E-state index in [4.69, 9.17) is 17.0 Å². The summed E-state index contributed by atoms with van der Waals surface area (Å²) in [5.41, 5.74) is 1.56. The summed E-state index contributed by atoms with van der Waals surface area (Å²) in [6.07, 6.45) is 1.64. The van der Waals surface area contributed by atoms with Crippen LogP contribution in [0.25, 0.3) is 0 Å². The Labute approximate surface area is 170 Å². The molecule has 0 atom stereocenters. The second kappa shape index (κ2) is 9.25. The molecule has 1 amide bonds. The van der Waals surface area contributed by atoms with E-state index in [0.29, 0.717) is 23.7 Å². The van der Waals surface area contributed by atoms with Crippen molar-refractivity contribution in [3.63, 3.8) is 0 Å². The lowest BCUT2D eigenvalue weighted by atomic mass is 10.2. The van der Waals surface area contributed by atoms with Gasteiger partial charge in [0.05, 0.1) is 0 Å². The highest BCUT2D eigenvalue weighted by Crippen LogP contribution is 2.14. The summed E-state index contributed by atoms with van der Waals surface area (Å²) < 4.78 is 6.57. The number of carbonyl (C=O) groups is 1. The van der Waals surface area contributed by atoms with Crippen molar-refractivity contribution < 1.29 is 9.53 Å². The fourth-order valence-electron chi connectivity index (χ4n) is 2.22. The van der Waals surface area contributed by atoms with Crippen LogP contribution in [0.2, 0.25) is 0 Å². The molecular weight excluding hydrogens is 426 g/mol. The summed E-state index contributed by atoms with van der Waals surface area (Å²) in [4.78, 5) is 16.4. The van der Waals surface area contributed by atoms with E-state index < -0.39 is 0 Å². The Morgan fingerprint density at radius 3 is 2.44 bits per heavy atom. The minimum Gasteiger partial charge on any atom is -0.489 e. The van der Waals surface area contributed by atoms with Crippen LogP contribution in [0.4, 0.5) is 5.82 Å². The number of rotatable bonds is 5. The maximum atomic E-state index is 12.3. The summed E-state index contributed by atoms with van der Waals surface area (Å²) in [7, 11) is 0. The van der Waals surface area contributed by atoms with Crippen molar-refractivity contribution in [3.8, 4) is 5.75 Å². The molecule has 0 saturated heterocycles. The van der Waals surface area contributed by atoms with Gasteiger partial charge < -0.3 is 10.1 Å². The zero-order valence-corrected chi connectivity index (χ0v) is 16.6. The van der Waals surface area contributed by atoms with Gasteiger partial charge in [-0.15, -0.1) is 0 Å². The zero-order chi connectivity index (χ0) is 19.1. The van der Waals surface area contributed by atoms with Crippen LogP contribution in [-0.2, 0) is 6.61 Å². The Bertz CT molecular complexity index is 916. The van der Waals surface area contributed by atoms with E-state index in [-0.39, 0.29) is 11.0 Å². The molecule has 0 unspecified atom stereocenters. The molecule has 5 nitrogen and oxygen atoms in total. The molecule has 27 heavy (non-hydrogen) atoms. The first-order valence-corrected chi connectivity index (χ1v) is 9.31. The highest BCUT2D eigenvalue weighted by molar-refractivity contribution is 9.10. The van der Waals surface area contributed by atoms with Gasteiger partial charge in [0.2, 0.25) is 0 Å². The Morgan fingerprint density at radius 2 is 1.78 bits per heavy atom. The second-order valence-electron chi connectivity index (χ2n) is 5.57. The standard InChI is InChI=1S/C20H16BrN3O2S/c21-16-8-11-18(22-12-16)23-20(27)24-19(25)15-6-9-17(10-7-15)26-13-14-4-2-1-3-5-14/h1-12H,13H2,(H2,22,23,24,25,27). The molecule has 3 rings (SSSR count). The summed E-state index contributed by atoms with van der Waals surface area (Å²) in [6.45, 7) is 0.473. The molecule has 0 saturated carbocycles. The number of aromatic nitrogens is 1. The molecule has 0 radical (unpaired) electrons. The van der Waals surface area contributed by atoms with Gasteiger partial charge in [-0.1, -0.05) is 30.3 Å². The lowest BCUT2D eigenvalue weighted by molar-refractivity contribution is 0.0977. The molecule has 0 aliphatic heterocycles. The molecule has 136 valence electrons. The van der Waals surface area contributed by atoms with Gasteiger partial charge in [-0.05, 0) is 70.1 Å². The van der Waals surface area contributed by atoms with Crippen molar-refractivity contribution in [2.24, 2.45) is 0 Å². The zero-order valence-electron chi connectivity index (χ0n) is 14.2. The maximum absolute atomic E-state index is 12.3. The molecule has 0 aliphatic rings. The molecule has 0 bridgehead atoms. The van der Waals surface area contributed by atoms with Gasteiger partial charge in [0.1, 0.15) is 18.2 Å². The quantitative estimate of drug-likeness (QED) is 0.568. The number of hydrogen-bond acceptors (Lipinski definition) is 4. The van der Waals surface area contributed by atoms with E-state index >= 15 is 0 Å². The molecular formula is C20H16BrN3O2S. The Hall–Kier alpha value is -2.77. The third kappa shape index (κ3) is 5.87. The Balaban J connectivity index is 1.52. The third-order valence-electron chi connectivity index (χ3n) is 3.56. The molecule has 0 spiro atoms. The van der Waals surface area contributed by atoms with Crippen molar-refractivity contribution in [2.75, 3.05) is 5.32 Å². The van der Waals surface area contributed by atoms with Crippen LogP contribution in [-0.4, -0.2) is 16.0 Å². The van der Waals surface area contributed by atoms with E-state index in [9.17, 15) is 4.79 Å². The van der Waals surface area contributed by atoms with Crippen molar-refractivity contribution in [3.05, 3.63) is 88.5 Å². The van der Waals surface area contributed by atoms with Crippen LogP contribution in [0.1, 0.15) is 15.9 Å². The van der Waals surface area contributed by atoms with Crippen LogP contribution < -0.4 is 15.4 Å². The lowest BCUT2D eigenvalue weighted by Gasteiger charge is -2.10. The van der Waals surface area contributed by atoms with Gasteiger partial charge in [0.25, 0.3) is 5.91 Å². The molecule has 7 heteroatoms. The lowest BCUT2D eigenvalue weighted by Crippen LogP contribution is -2.34. The number of thiocarbonyl (C=S) groups is 1. The number of amides is 1. The summed E-state index contributed by atoms with van der Waals surface area (Å²) in [5.74, 6) is 0.933. The molecule has 1 heterocycles. The van der Waals surface area contributed by atoms with Crippen molar-refractivity contribution in [2.45, 2.75) is 6.61 Å². The van der Waals surface area contributed by atoms with E-state index in [0.717, 1.165) is 10.0 Å². The first-order valence-electron chi connectivity index (χ1n) is 8.11. The number of anilines is 1. The molecule has 1 aromatic heterocycles. The predicted molar refractivity (Wildman–Crippen MR) is 113 cm³/mol. The minimum absolute atomic E-state index is 0.180. The van der Waals surface area contributed by atoms with Crippen LogP contribution in [0.15, 0.2) is 77.4 Å². The number of nitrogens with one attached hydrogen (secondary N) is 2. The van der Waals surface area contributed by atoms with Crippen LogP contribution in [0.3, 0.4) is 0 Å². The van der Waals surface area contributed by atoms with Gasteiger partial charge in [0.15, 0.2) is 5.11 Å². The van der Waals surface area contributed by atoms with Crippen molar-refractivity contribution >= 4 is 45.0 Å². The monoisotopic (exact) mass is 441 g/mol. The number of ether oxygens (including phenoxy) is 1. The SMILES string of the molecule is O=C(NC(=S)Nc1ccc(Br)cn1)c1ccc(OCc2ccccc2)cc1. The number of benzene rings is 2. The number of nitrogens with zero attached hydrogens (tertiary/aromatic N) is 1. The fraction of sp³-hybridized carbons (Fsp3) is 0.0500. The van der Waals surface area contributed by atoms with Crippen molar-refractivity contribution in [1.82, 2.24) is 10.3 Å². The van der Waals surface area contributed by atoms with E-state index in [1.165, 1.54) is 0 Å². The molecule has 2 N–H and O–H groups in total. The number of carbonyl (C=O) groups excluding carboxylic acids is 1. The van der Waals surface area contributed by atoms with Gasteiger partial charge >= 0.3 is 0 Å². The highest BCUT2D eigenvalue weighted by Gasteiger charge is 2.09. The summed E-state index contributed by atoms with van der Waals surface area (Å²) in [5, 5.41) is 5.67. The Kier molecular flexibility index (Phi) is 6.51. The van der Waals surface area contributed by atoms with Gasteiger partial charge in [0, 0.05) is 16.2 Å². The van der Waals surface area contributed by atoms with Crippen LogP contribution in [0, 0.1) is 0 Å². The first-order chi connectivity index (χ1) is 13.1.